The summed E-state index contributed by atoms with van der Waals surface area (Å²) in [7, 11) is 0. The summed E-state index contributed by atoms with van der Waals surface area (Å²) >= 11 is 11.1. The second-order valence-electron chi connectivity index (χ2n) is 3.81. The Bertz CT molecular complexity index is 638. The summed E-state index contributed by atoms with van der Waals surface area (Å²) < 4.78 is 12.2. The average Bonchev–Trinajstić information content (AvgIpc) is 2.77. The first-order valence-electron chi connectivity index (χ1n) is 5.69. The first-order chi connectivity index (χ1) is 10.0. The molecule has 1 aromatic carbocycles. The fourth-order valence-corrected chi connectivity index (χ4v) is 2.15. The first-order valence-corrected chi connectivity index (χ1v) is 7.94. The minimum atomic E-state index is -0.374. The van der Waals surface area contributed by atoms with Gasteiger partial charge >= 0.3 is 0 Å². The number of carbonyl (C=O) groups excluding carboxylic acids is 1. The number of rotatable bonds is 5. The topological polar surface area (TPSA) is 63.8 Å². The molecule has 0 aliphatic rings. The average molecular weight is 483 g/mol. The molecule has 5 nitrogen and oxygen atoms in total. The van der Waals surface area contributed by atoms with E-state index < -0.39 is 0 Å². The molecule has 0 aliphatic carbocycles. The largest absolute Gasteiger partial charge is 0.484 e. The van der Waals surface area contributed by atoms with Gasteiger partial charge in [0.2, 0.25) is 0 Å². The van der Waals surface area contributed by atoms with Crippen LogP contribution < -0.4 is 10.2 Å². The molecule has 0 spiro atoms. The molecule has 8 heteroatoms. The third-order valence-electron chi connectivity index (χ3n) is 2.23. The van der Waals surface area contributed by atoms with Gasteiger partial charge in [0.1, 0.15) is 11.5 Å². The minimum absolute atomic E-state index is 0.141. The highest BCUT2D eigenvalue weighted by atomic mass is 127. The predicted octanol–water partition coefficient (Wildman–Crippen LogP) is 3.83. The van der Waals surface area contributed by atoms with Crippen LogP contribution in [0.1, 0.15) is 5.76 Å². The van der Waals surface area contributed by atoms with Crippen LogP contribution in [-0.2, 0) is 4.79 Å². The van der Waals surface area contributed by atoms with Crippen molar-refractivity contribution >= 4 is 62.2 Å². The van der Waals surface area contributed by atoms with Gasteiger partial charge in [0.25, 0.3) is 5.91 Å². The van der Waals surface area contributed by atoms with Gasteiger partial charge in [-0.05, 0) is 40.2 Å². The number of hydrogen-bond acceptors (Lipinski definition) is 4. The van der Waals surface area contributed by atoms with Crippen molar-refractivity contribution in [2.75, 3.05) is 6.61 Å². The van der Waals surface area contributed by atoms with Gasteiger partial charge in [-0.15, -0.1) is 0 Å². The third-order valence-corrected chi connectivity index (χ3v) is 4.61. The van der Waals surface area contributed by atoms with Gasteiger partial charge < -0.3 is 9.15 Å². The molecule has 0 bridgehead atoms. The molecule has 1 aromatic heterocycles. The number of furan rings is 1. The highest BCUT2D eigenvalue weighted by Crippen LogP contribution is 2.21. The monoisotopic (exact) mass is 482 g/mol. The van der Waals surface area contributed by atoms with Crippen molar-refractivity contribution in [3.8, 4) is 5.75 Å². The van der Waals surface area contributed by atoms with Crippen molar-refractivity contribution in [2.45, 2.75) is 0 Å². The Morgan fingerprint density at radius 2 is 2.19 bits per heavy atom. The smallest absolute Gasteiger partial charge is 0.277 e. The van der Waals surface area contributed by atoms with E-state index in [4.69, 9.17) is 20.8 Å². The number of nitrogens with zero attached hydrogens (tertiary/aromatic N) is 1. The van der Waals surface area contributed by atoms with Gasteiger partial charge in [0.05, 0.1) is 10.7 Å². The SMILES string of the molecule is O=C(COc1ccc(Cl)cc1)N/N=C\c1cc(Br)c(I)o1. The Morgan fingerprint density at radius 1 is 1.48 bits per heavy atom. The lowest BCUT2D eigenvalue weighted by Crippen LogP contribution is -2.24. The van der Waals surface area contributed by atoms with Gasteiger partial charge in [-0.3, -0.25) is 4.79 Å². The summed E-state index contributed by atoms with van der Waals surface area (Å²) in [5, 5.41) is 4.39. The second kappa shape index (κ2) is 7.81. The maximum atomic E-state index is 11.5. The lowest BCUT2D eigenvalue weighted by atomic mass is 10.3. The number of benzene rings is 1. The predicted molar refractivity (Wildman–Crippen MR) is 91.8 cm³/mol. The highest BCUT2D eigenvalue weighted by Gasteiger charge is 2.04. The Hall–Kier alpha value is -1.06. The third kappa shape index (κ3) is 5.33. The van der Waals surface area contributed by atoms with Crippen molar-refractivity contribution < 1.29 is 13.9 Å². The van der Waals surface area contributed by atoms with Gasteiger partial charge in [0, 0.05) is 33.7 Å². The number of amides is 1. The zero-order valence-electron chi connectivity index (χ0n) is 10.5. The highest BCUT2D eigenvalue weighted by molar-refractivity contribution is 14.1. The van der Waals surface area contributed by atoms with Crippen LogP contribution >= 0.6 is 50.1 Å². The molecular formula is C13H9BrClIN2O3. The quantitative estimate of drug-likeness (QED) is 0.400. The fraction of sp³-hybridized carbons (Fsp3) is 0.0769. The standard InChI is InChI=1S/C13H9BrClIN2O3/c14-11-5-10(21-13(11)16)6-17-18-12(19)7-20-9-3-1-8(15)2-4-9/h1-6H,7H2,(H,18,19)/b17-6-. The van der Waals surface area contributed by atoms with Crippen molar-refractivity contribution in [3.05, 3.63) is 49.4 Å². The van der Waals surface area contributed by atoms with E-state index in [0.717, 1.165) is 4.47 Å². The molecule has 0 radical (unpaired) electrons. The van der Waals surface area contributed by atoms with E-state index in [0.29, 0.717) is 20.3 Å². The molecular weight excluding hydrogens is 474 g/mol. The molecule has 1 heterocycles. The maximum absolute atomic E-state index is 11.5. The van der Waals surface area contributed by atoms with Crippen LogP contribution in [-0.4, -0.2) is 18.7 Å². The summed E-state index contributed by atoms with van der Waals surface area (Å²) in [5.74, 6) is 0.717. The number of hydrogen-bond donors (Lipinski definition) is 1. The van der Waals surface area contributed by atoms with Gasteiger partial charge in [-0.1, -0.05) is 11.6 Å². The molecule has 0 saturated carbocycles. The van der Waals surface area contributed by atoms with E-state index >= 15 is 0 Å². The lowest BCUT2D eigenvalue weighted by Gasteiger charge is -2.04. The van der Waals surface area contributed by atoms with Gasteiger partial charge in [-0.2, -0.15) is 5.10 Å². The number of nitrogens with one attached hydrogen (secondary N) is 1. The molecule has 0 atom stereocenters. The maximum Gasteiger partial charge on any atom is 0.277 e. The van der Waals surface area contributed by atoms with Crippen molar-refractivity contribution in [1.82, 2.24) is 5.43 Å². The van der Waals surface area contributed by atoms with Crippen LogP contribution in [0.5, 0.6) is 5.75 Å². The summed E-state index contributed by atoms with van der Waals surface area (Å²) in [5.41, 5.74) is 2.34. The number of halogens is 3. The molecule has 0 fully saturated rings. The number of carbonyl (C=O) groups is 1. The Kier molecular flexibility index (Phi) is 6.07. The van der Waals surface area contributed by atoms with E-state index in [1.54, 1.807) is 30.3 Å². The minimum Gasteiger partial charge on any atom is -0.484 e. The summed E-state index contributed by atoms with van der Waals surface area (Å²) in [6.45, 7) is -0.141. The van der Waals surface area contributed by atoms with Crippen molar-refractivity contribution in [1.29, 1.82) is 0 Å². The summed E-state index contributed by atoms with van der Waals surface area (Å²) in [4.78, 5) is 11.5. The van der Waals surface area contributed by atoms with E-state index in [-0.39, 0.29) is 12.5 Å². The van der Waals surface area contributed by atoms with Crippen LogP contribution in [0.3, 0.4) is 0 Å². The van der Waals surface area contributed by atoms with E-state index in [1.165, 1.54) is 6.21 Å². The van der Waals surface area contributed by atoms with Crippen LogP contribution in [0.2, 0.25) is 5.02 Å². The zero-order chi connectivity index (χ0) is 15.2. The lowest BCUT2D eigenvalue weighted by molar-refractivity contribution is -0.123. The second-order valence-corrected chi connectivity index (χ2v) is 6.08. The molecule has 1 amide bonds. The van der Waals surface area contributed by atoms with Gasteiger partial charge in [0.15, 0.2) is 10.4 Å². The van der Waals surface area contributed by atoms with Crippen LogP contribution in [0, 0.1) is 3.77 Å². The van der Waals surface area contributed by atoms with Crippen LogP contribution in [0.25, 0.3) is 0 Å². The van der Waals surface area contributed by atoms with Gasteiger partial charge in [-0.25, -0.2) is 5.43 Å². The summed E-state index contributed by atoms with van der Waals surface area (Å²) in [6.07, 6.45) is 1.41. The summed E-state index contributed by atoms with van der Waals surface area (Å²) in [6, 6.07) is 8.48. The van der Waals surface area contributed by atoms with Crippen LogP contribution in [0.4, 0.5) is 0 Å². The normalized spacial score (nSPS) is 10.8. The molecule has 0 unspecified atom stereocenters. The van der Waals surface area contributed by atoms with E-state index in [1.807, 2.05) is 22.6 Å². The zero-order valence-corrected chi connectivity index (χ0v) is 15.0. The van der Waals surface area contributed by atoms with E-state index in [2.05, 4.69) is 26.5 Å². The number of ether oxygens (including phenoxy) is 1. The van der Waals surface area contributed by atoms with Crippen LogP contribution in [0.15, 0.2) is 44.3 Å². The van der Waals surface area contributed by atoms with Crippen molar-refractivity contribution in [3.63, 3.8) is 0 Å². The Labute approximate surface area is 148 Å². The Balaban J connectivity index is 1.78. The molecule has 21 heavy (non-hydrogen) atoms. The van der Waals surface area contributed by atoms with Crippen molar-refractivity contribution in [2.24, 2.45) is 5.10 Å². The Morgan fingerprint density at radius 3 is 2.81 bits per heavy atom. The molecule has 1 N–H and O–H groups in total. The number of hydrazone groups is 1. The van der Waals surface area contributed by atoms with E-state index in [9.17, 15) is 4.79 Å². The molecule has 0 saturated heterocycles. The first kappa shape index (κ1) is 16.3. The molecule has 2 aromatic rings. The molecule has 110 valence electrons. The molecule has 0 aliphatic heterocycles. The fourth-order valence-electron chi connectivity index (χ4n) is 1.31. The molecule has 2 rings (SSSR count).